The first-order valence-corrected chi connectivity index (χ1v) is 18.5. The van der Waals surface area contributed by atoms with Crippen LogP contribution in [0.2, 0.25) is 0 Å². The van der Waals surface area contributed by atoms with Gasteiger partial charge in [-0.2, -0.15) is 0 Å². The molecule has 9 aromatic rings. The third-order valence-electron chi connectivity index (χ3n) is 10.7. The van der Waals surface area contributed by atoms with Crippen LogP contribution in [0.3, 0.4) is 0 Å². The minimum absolute atomic E-state index is 0.453. The summed E-state index contributed by atoms with van der Waals surface area (Å²) >= 11 is 0. The van der Waals surface area contributed by atoms with Crippen LogP contribution in [-0.2, 0) is 5.41 Å². The molecule has 1 aliphatic carbocycles. The van der Waals surface area contributed by atoms with Gasteiger partial charge in [-0.25, -0.2) is 9.97 Å². The molecule has 0 spiro atoms. The summed E-state index contributed by atoms with van der Waals surface area (Å²) in [5, 5.41) is 0. The van der Waals surface area contributed by atoms with Gasteiger partial charge >= 0.3 is 0 Å². The Labute approximate surface area is 320 Å². The summed E-state index contributed by atoms with van der Waals surface area (Å²) in [6.07, 6.45) is 7.24. The van der Waals surface area contributed by atoms with E-state index in [1.807, 2.05) is 36.7 Å². The summed E-state index contributed by atoms with van der Waals surface area (Å²) in [5.74, 6) is 0. The molecule has 4 aromatic heterocycles. The van der Waals surface area contributed by atoms with E-state index < -0.39 is 5.41 Å². The van der Waals surface area contributed by atoms with Crippen molar-refractivity contribution in [2.24, 2.45) is 0 Å². The Bertz CT molecular complexity index is 2700. The minimum Gasteiger partial charge on any atom is -0.264 e. The Morgan fingerprint density at radius 2 is 0.836 bits per heavy atom. The van der Waals surface area contributed by atoms with Gasteiger partial charge in [-0.1, -0.05) is 121 Å². The zero-order valence-electron chi connectivity index (χ0n) is 29.9. The molecule has 258 valence electrons. The largest absolute Gasteiger partial charge is 0.264 e. The number of rotatable bonds is 7. The van der Waals surface area contributed by atoms with Gasteiger partial charge in [-0.3, -0.25) is 9.97 Å². The fourth-order valence-corrected chi connectivity index (χ4v) is 8.24. The topological polar surface area (TPSA) is 51.6 Å². The van der Waals surface area contributed by atoms with Crippen LogP contribution in [0.1, 0.15) is 22.3 Å². The summed E-state index contributed by atoms with van der Waals surface area (Å²) in [7, 11) is 0. The molecule has 10 rings (SSSR count). The van der Waals surface area contributed by atoms with Crippen molar-refractivity contribution in [3.05, 3.63) is 229 Å². The van der Waals surface area contributed by atoms with Crippen LogP contribution in [0.4, 0.5) is 0 Å². The third kappa shape index (κ3) is 5.63. The fourth-order valence-electron chi connectivity index (χ4n) is 8.24. The Morgan fingerprint density at radius 3 is 1.49 bits per heavy atom. The molecule has 1 aliphatic rings. The zero-order valence-corrected chi connectivity index (χ0v) is 29.9. The van der Waals surface area contributed by atoms with Gasteiger partial charge in [0.25, 0.3) is 0 Å². The summed E-state index contributed by atoms with van der Waals surface area (Å²) in [6.45, 7) is 0. The summed E-state index contributed by atoms with van der Waals surface area (Å²) in [4.78, 5) is 19.0. The van der Waals surface area contributed by atoms with Crippen molar-refractivity contribution in [1.82, 2.24) is 19.9 Å². The van der Waals surface area contributed by atoms with Crippen LogP contribution in [0, 0.1) is 0 Å². The molecule has 4 nitrogen and oxygen atoms in total. The monoisotopic (exact) mass is 702 g/mol. The van der Waals surface area contributed by atoms with Crippen molar-refractivity contribution in [2.75, 3.05) is 0 Å². The maximum absolute atomic E-state index is 5.25. The smallest absolute Gasteiger partial charge is 0.0731 e. The van der Waals surface area contributed by atoms with Crippen LogP contribution in [0.25, 0.3) is 67.3 Å². The average molecular weight is 703 g/mol. The quantitative estimate of drug-likeness (QED) is 0.166. The fraction of sp³-hybridized carbons (Fsp3) is 0.0196. The van der Waals surface area contributed by atoms with E-state index in [2.05, 4.69) is 168 Å². The van der Waals surface area contributed by atoms with Crippen LogP contribution < -0.4 is 0 Å². The van der Waals surface area contributed by atoms with E-state index in [0.717, 1.165) is 56.2 Å². The molecule has 0 saturated heterocycles. The molecule has 0 radical (unpaired) electrons. The SMILES string of the molecule is c1ccc(C2(c3ccccc3)c3ccccc3-c3ccc(-c4cccc(-c5cccc(-c6cc(-c7cccnc7)nc(-c7cccnc7)c6)n5)c4)cc32)cc1. The van der Waals surface area contributed by atoms with E-state index >= 15 is 0 Å². The predicted molar refractivity (Wildman–Crippen MR) is 222 cm³/mol. The first-order valence-electron chi connectivity index (χ1n) is 18.5. The van der Waals surface area contributed by atoms with Gasteiger partial charge in [0, 0.05) is 47.0 Å². The van der Waals surface area contributed by atoms with Crippen molar-refractivity contribution in [2.45, 2.75) is 5.41 Å². The second-order valence-corrected chi connectivity index (χ2v) is 13.9. The first-order chi connectivity index (χ1) is 27.3. The molecular weight excluding hydrogens is 669 g/mol. The zero-order chi connectivity index (χ0) is 36.6. The summed E-state index contributed by atoms with van der Waals surface area (Å²) in [6, 6.07) is 64.9. The van der Waals surface area contributed by atoms with E-state index in [1.165, 1.54) is 33.4 Å². The Morgan fingerprint density at radius 1 is 0.309 bits per heavy atom. The number of hydrogen-bond donors (Lipinski definition) is 0. The highest BCUT2D eigenvalue weighted by Gasteiger charge is 2.46. The maximum Gasteiger partial charge on any atom is 0.0731 e. The molecule has 0 bridgehead atoms. The molecule has 4 heterocycles. The first kappa shape index (κ1) is 32.4. The van der Waals surface area contributed by atoms with Gasteiger partial charge in [0.2, 0.25) is 0 Å². The molecule has 0 N–H and O–H groups in total. The van der Waals surface area contributed by atoms with E-state index in [1.54, 1.807) is 12.4 Å². The van der Waals surface area contributed by atoms with Crippen molar-refractivity contribution in [3.8, 4) is 67.3 Å². The lowest BCUT2D eigenvalue weighted by Gasteiger charge is -2.34. The lowest BCUT2D eigenvalue weighted by molar-refractivity contribution is 0.769. The molecule has 0 atom stereocenters. The predicted octanol–water partition coefficient (Wildman–Crippen LogP) is 12.0. The van der Waals surface area contributed by atoms with Crippen molar-refractivity contribution >= 4 is 0 Å². The van der Waals surface area contributed by atoms with Gasteiger partial charge in [-0.05, 0) is 105 Å². The van der Waals surface area contributed by atoms with E-state index in [-0.39, 0.29) is 0 Å². The van der Waals surface area contributed by atoms with Gasteiger partial charge in [-0.15, -0.1) is 0 Å². The van der Waals surface area contributed by atoms with Gasteiger partial charge in [0.05, 0.1) is 28.2 Å². The molecule has 4 heteroatoms. The lowest BCUT2D eigenvalue weighted by atomic mass is 9.67. The highest BCUT2D eigenvalue weighted by molar-refractivity contribution is 5.89. The number of pyridine rings is 4. The van der Waals surface area contributed by atoms with Crippen molar-refractivity contribution < 1.29 is 0 Å². The molecule has 0 saturated carbocycles. The molecule has 0 amide bonds. The van der Waals surface area contributed by atoms with Crippen LogP contribution >= 0.6 is 0 Å². The van der Waals surface area contributed by atoms with Crippen LogP contribution in [0.15, 0.2) is 207 Å². The van der Waals surface area contributed by atoms with Gasteiger partial charge < -0.3 is 0 Å². The average Bonchev–Trinajstić information content (AvgIpc) is 3.58. The van der Waals surface area contributed by atoms with Crippen LogP contribution in [-0.4, -0.2) is 19.9 Å². The van der Waals surface area contributed by atoms with E-state index in [0.29, 0.717) is 0 Å². The van der Waals surface area contributed by atoms with Gasteiger partial charge in [0.15, 0.2) is 0 Å². The van der Waals surface area contributed by atoms with Crippen LogP contribution in [0.5, 0.6) is 0 Å². The van der Waals surface area contributed by atoms with Gasteiger partial charge in [0.1, 0.15) is 0 Å². The normalized spacial score (nSPS) is 12.5. The van der Waals surface area contributed by atoms with E-state index in [9.17, 15) is 0 Å². The molecule has 0 aliphatic heterocycles. The highest BCUT2D eigenvalue weighted by Crippen LogP contribution is 2.56. The third-order valence-corrected chi connectivity index (χ3v) is 10.7. The standard InChI is InChI=1S/C51H34N4/c1-3-17-41(18-4-1)51(42-19-5-2-6-20-42)45-22-8-7-21-43(45)44-26-25-36(30-46(44)51)35-13-9-14-37(29-35)47-23-10-24-48(54-47)40-31-49(38-15-11-27-52-33-38)55-50(32-40)39-16-12-28-53-34-39/h1-34H. The number of fused-ring (bicyclic) bond motifs is 3. The minimum atomic E-state index is -0.453. The molecule has 5 aromatic carbocycles. The summed E-state index contributed by atoms with van der Waals surface area (Å²) < 4.78 is 0. The maximum atomic E-state index is 5.25. The number of aromatic nitrogens is 4. The molecule has 0 fully saturated rings. The molecule has 55 heavy (non-hydrogen) atoms. The Balaban J connectivity index is 1.08. The van der Waals surface area contributed by atoms with Crippen molar-refractivity contribution in [3.63, 3.8) is 0 Å². The summed E-state index contributed by atoms with van der Waals surface area (Å²) in [5.41, 5.74) is 16.9. The molecule has 0 unspecified atom stereocenters. The second-order valence-electron chi connectivity index (χ2n) is 13.9. The van der Waals surface area contributed by atoms with Crippen molar-refractivity contribution in [1.29, 1.82) is 0 Å². The highest BCUT2D eigenvalue weighted by atomic mass is 14.8. The second kappa shape index (κ2) is 13.6. The molecular formula is C51H34N4. The van der Waals surface area contributed by atoms with E-state index in [4.69, 9.17) is 9.97 Å². The number of nitrogens with zero attached hydrogens (tertiary/aromatic N) is 4. The Kier molecular flexibility index (Phi) is 8.00. The Hall–Kier alpha value is -7.30. The lowest BCUT2D eigenvalue weighted by Crippen LogP contribution is -2.28. The number of hydrogen-bond acceptors (Lipinski definition) is 4. The number of benzene rings is 5.